The van der Waals surface area contributed by atoms with Gasteiger partial charge in [0.1, 0.15) is 11.3 Å². The topological polar surface area (TPSA) is 85.3 Å². The molecule has 4 rings (SSSR count). The van der Waals surface area contributed by atoms with Crippen molar-refractivity contribution in [1.29, 1.82) is 0 Å². The van der Waals surface area contributed by atoms with Crippen LogP contribution in [0.2, 0.25) is 5.02 Å². The zero-order valence-electron chi connectivity index (χ0n) is 18.7. The molecule has 0 fully saturated rings. The predicted molar refractivity (Wildman–Crippen MR) is 126 cm³/mol. The molecule has 0 bridgehead atoms. The zero-order valence-corrected chi connectivity index (χ0v) is 19.5. The number of pyridine rings is 1. The fourth-order valence-corrected chi connectivity index (χ4v) is 4.17. The first-order valence-corrected chi connectivity index (χ1v) is 11.2. The van der Waals surface area contributed by atoms with Crippen LogP contribution in [-0.2, 0) is 6.54 Å². The first-order chi connectivity index (χ1) is 15.5. The molecule has 166 valence electrons. The number of fused-ring (bicyclic) bond motifs is 1. The Morgan fingerprint density at radius 2 is 2.00 bits per heavy atom. The number of hydrogen-bond donors (Lipinski definition) is 1. The molecule has 0 amide bonds. The molecule has 0 saturated heterocycles. The van der Waals surface area contributed by atoms with Crippen molar-refractivity contribution in [3.05, 3.63) is 67.6 Å². The van der Waals surface area contributed by atoms with Gasteiger partial charge in [-0.25, -0.2) is 4.99 Å². The summed E-state index contributed by atoms with van der Waals surface area (Å²) in [4.78, 5) is 22.6. The molecule has 1 N–H and O–H groups in total. The Balaban J connectivity index is 1.89. The van der Waals surface area contributed by atoms with Crippen LogP contribution in [0.3, 0.4) is 0 Å². The largest absolute Gasteiger partial charge is 0.370 e. The van der Waals surface area contributed by atoms with Gasteiger partial charge in [-0.3, -0.25) is 9.36 Å². The molecule has 0 atom stereocenters. The lowest BCUT2D eigenvalue weighted by atomic mass is 10.0. The van der Waals surface area contributed by atoms with Gasteiger partial charge in [0.15, 0.2) is 0 Å². The van der Waals surface area contributed by atoms with Crippen molar-refractivity contribution in [2.75, 3.05) is 6.54 Å². The summed E-state index contributed by atoms with van der Waals surface area (Å²) in [5, 5.41) is 8.67. The Hall–Kier alpha value is -3.19. The highest BCUT2D eigenvalue weighted by Crippen LogP contribution is 2.29. The van der Waals surface area contributed by atoms with E-state index in [1.165, 1.54) is 5.57 Å². The Morgan fingerprint density at radius 1 is 1.19 bits per heavy atom. The van der Waals surface area contributed by atoms with E-state index >= 15 is 0 Å². The first kappa shape index (κ1) is 22.0. The summed E-state index contributed by atoms with van der Waals surface area (Å²) in [5.41, 5.74) is 3.72. The molecule has 0 aliphatic carbocycles. The number of aromatic nitrogens is 3. The molecule has 0 unspecified atom stereocenters. The van der Waals surface area contributed by atoms with Crippen LogP contribution in [0.5, 0.6) is 0 Å². The summed E-state index contributed by atoms with van der Waals surface area (Å²) in [6.45, 7) is 9.13. The van der Waals surface area contributed by atoms with E-state index in [1.807, 2.05) is 32.0 Å². The lowest BCUT2D eigenvalue weighted by Crippen LogP contribution is -2.44. The lowest BCUT2D eigenvalue weighted by molar-refractivity contribution is 0.394. The van der Waals surface area contributed by atoms with Gasteiger partial charge in [-0.1, -0.05) is 41.9 Å². The quantitative estimate of drug-likeness (QED) is 0.619. The minimum atomic E-state index is -0.121. The number of nitrogens with zero attached hydrogens (tertiary/aromatic N) is 4. The number of hydrogen-bond acceptors (Lipinski definition) is 6. The van der Waals surface area contributed by atoms with Crippen LogP contribution in [0, 0.1) is 6.92 Å². The van der Waals surface area contributed by atoms with Gasteiger partial charge in [0.05, 0.1) is 0 Å². The SMILES string of the molecule is CCNC1=C(CC)CC=c2cc(-c3ccc(-c4noc(C)n4)cc3Cl)c(=O)n(CC)c2=N1. The smallest absolute Gasteiger partial charge is 0.260 e. The highest BCUT2D eigenvalue weighted by molar-refractivity contribution is 6.33. The van der Waals surface area contributed by atoms with E-state index < -0.39 is 0 Å². The third-order valence-electron chi connectivity index (χ3n) is 5.54. The van der Waals surface area contributed by atoms with Crippen LogP contribution >= 0.6 is 11.6 Å². The number of rotatable bonds is 6. The third kappa shape index (κ3) is 4.00. The molecular formula is C24H26ClN5O2. The van der Waals surface area contributed by atoms with E-state index in [-0.39, 0.29) is 5.56 Å². The number of aryl methyl sites for hydroxylation is 1. The summed E-state index contributed by atoms with van der Waals surface area (Å²) in [7, 11) is 0. The fourth-order valence-electron chi connectivity index (χ4n) is 3.89. The molecule has 0 spiro atoms. The molecular weight excluding hydrogens is 426 g/mol. The molecule has 7 nitrogen and oxygen atoms in total. The van der Waals surface area contributed by atoms with Crippen LogP contribution in [0.4, 0.5) is 0 Å². The Labute approximate surface area is 191 Å². The Kier molecular flexibility index (Phi) is 6.28. The second-order valence-electron chi connectivity index (χ2n) is 7.57. The van der Waals surface area contributed by atoms with Crippen molar-refractivity contribution < 1.29 is 4.52 Å². The Morgan fingerprint density at radius 3 is 2.62 bits per heavy atom. The van der Waals surface area contributed by atoms with Crippen molar-refractivity contribution in [2.45, 2.75) is 47.1 Å². The number of nitrogens with one attached hydrogen (secondary N) is 1. The number of halogens is 1. The highest BCUT2D eigenvalue weighted by atomic mass is 35.5. The van der Waals surface area contributed by atoms with Gasteiger partial charge in [0.25, 0.3) is 5.56 Å². The normalized spacial score (nSPS) is 13.3. The van der Waals surface area contributed by atoms with Crippen molar-refractivity contribution >= 4 is 17.7 Å². The van der Waals surface area contributed by atoms with E-state index in [4.69, 9.17) is 21.1 Å². The van der Waals surface area contributed by atoms with Gasteiger partial charge in [-0.05, 0) is 44.4 Å². The van der Waals surface area contributed by atoms with Crippen molar-refractivity contribution in [3.63, 3.8) is 0 Å². The Bertz CT molecular complexity index is 1380. The van der Waals surface area contributed by atoms with E-state index in [0.29, 0.717) is 39.9 Å². The van der Waals surface area contributed by atoms with E-state index in [1.54, 1.807) is 17.6 Å². The second kappa shape index (κ2) is 9.12. The monoisotopic (exact) mass is 451 g/mol. The molecule has 1 aromatic carbocycles. The lowest BCUT2D eigenvalue weighted by Gasteiger charge is -2.11. The van der Waals surface area contributed by atoms with Gasteiger partial charge < -0.3 is 9.84 Å². The van der Waals surface area contributed by atoms with Crippen LogP contribution in [0.25, 0.3) is 28.6 Å². The molecule has 3 aromatic rings. The van der Waals surface area contributed by atoms with E-state index in [0.717, 1.165) is 36.0 Å². The van der Waals surface area contributed by atoms with Gasteiger partial charge in [-0.2, -0.15) is 4.98 Å². The van der Waals surface area contributed by atoms with Crippen LogP contribution in [-0.4, -0.2) is 21.3 Å². The van der Waals surface area contributed by atoms with Crippen molar-refractivity contribution in [2.24, 2.45) is 4.99 Å². The average molecular weight is 452 g/mol. The summed E-state index contributed by atoms with van der Waals surface area (Å²) in [5.74, 6) is 1.80. The van der Waals surface area contributed by atoms with Gasteiger partial charge in [-0.15, -0.1) is 0 Å². The number of allylic oxidation sites excluding steroid dienone is 1. The summed E-state index contributed by atoms with van der Waals surface area (Å²) in [6.07, 6.45) is 3.81. The van der Waals surface area contributed by atoms with E-state index in [9.17, 15) is 4.79 Å². The average Bonchev–Trinajstić information content (AvgIpc) is 3.14. The molecule has 3 heterocycles. The maximum Gasteiger partial charge on any atom is 0.260 e. The molecule has 0 saturated carbocycles. The standard InChI is InChI=1S/C24H26ClN5O2/c1-5-15-8-9-17-12-19(24(31)30(7-3)23(17)28-21(15)26-6-2)18-11-10-16(13-20(18)25)22-27-14(4)32-29-22/h9-13,26H,5-8H2,1-4H3. The summed E-state index contributed by atoms with van der Waals surface area (Å²) >= 11 is 6.63. The highest BCUT2D eigenvalue weighted by Gasteiger charge is 2.16. The fraction of sp³-hybridized carbons (Fsp3) is 0.333. The first-order valence-electron chi connectivity index (χ1n) is 10.9. The van der Waals surface area contributed by atoms with E-state index in [2.05, 4.69) is 28.5 Å². The van der Waals surface area contributed by atoms with Gasteiger partial charge in [0, 0.05) is 46.9 Å². The molecule has 2 aromatic heterocycles. The van der Waals surface area contributed by atoms with Gasteiger partial charge >= 0.3 is 0 Å². The summed E-state index contributed by atoms with van der Waals surface area (Å²) in [6, 6.07) is 7.34. The minimum absolute atomic E-state index is 0.121. The van der Waals surface area contributed by atoms with Crippen molar-refractivity contribution in [3.8, 4) is 22.5 Å². The zero-order chi connectivity index (χ0) is 22.8. The third-order valence-corrected chi connectivity index (χ3v) is 5.86. The van der Waals surface area contributed by atoms with Crippen molar-refractivity contribution in [1.82, 2.24) is 20.0 Å². The molecule has 0 radical (unpaired) electrons. The predicted octanol–water partition coefficient (Wildman–Crippen LogP) is 3.58. The minimum Gasteiger partial charge on any atom is -0.370 e. The van der Waals surface area contributed by atoms with Crippen LogP contribution < -0.4 is 21.6 Å². The summed E-state index contributed by atoms with van der Waals surface area (Å²) < 4.78 is 6.77. The molecule has 1 aliphatic heterocycles. The molecule has 32 heavy (non-hydrogen) atoms. The van der Waals surface area contributed by atoms with Crippen LogP contribution in [0.15, 0.2) is 50.0 Å². The number of benzene rings is 1. The second-order valence-corrected chi connectivity index (χ2v) is 7.98. The van der Waals surface area contributed by atoms with Gasteiger partial charge in [0.2, 0.25) is 11.7 Å². The maximum atomic E-state index is 13.5. The molecule has 1 aliphatic rings. The maximum absolute atomic E-state index is 13.5. The molecule has 8 heteroatoms. The van der Waals surface area contributed by atoms with Crippen LogP contribution in [0.1, 0.15) is 39.5 Å².